The number of carboxylic acid groups (broad SMARTS) is 1. The summed E-state index contributed by atoms with van der Waals surface area (Å²) in [5.74, 6) is -0.939. The molecular formula is C30H37FN2O4Si. The van der Waals surface area contributed by atoms with Crippen molar-refractivity contribution in [3.05, 3.63) is 70.2 Å². The van der Waals surface area contributed by atoms with E-state index in [2.05, 4.69) is 41.5 Å². The van der Waals surface area contributed by atoms with Crippen molar-refractivity contribution >= 4 is 31.1 Å². The highest BCUT2D eigenvalue weighted by Gasteiger charge is 2.49. The van der Waals surface area contributed by atoms with Gasteiger partial charge in [0.15, 0.2) is 0 Å². The molecule has 0 atom stereocenters. The molecule has 1 N–H and O–H groups in total. The Bertz CT molecular complexity index is 1360. The van der Waals surface area contributed by atoms with Gasteiger partial charge in [-0.15, -0.1) is 0 Å². The number of fused-ring (bicyclic) bond motifs is 2. The lowest BCUT2D eigenvalue weighted by Crippen LogP contribution is -2.51. The van der Waals surface area contributed by atoms with Gasteiger partial charge in [0.05, 0.1) is 12.0 Å². The van der Waals surface area contributed by atoms with Crippen molar-refractivity contribution in [1.29, 1.82) is 0 Å². The van der Waals surface area contributed by atoms with Crippen molar-refractivity contribution in [3.63, 3.8) is 0 Å². The largest absolute Gasteiger partial charge is 0.541 e. The molecule has 0 radical (unpaired) electrons. The summed E-state index contributed by atoms with van der Waals surface area (Å²) < 4.78 is 20.6. The van der Waals surface area contributed by atoms with E-state index in [-0.39, 0.29) is 34.8 Å². The Morgan fingerprint density at radius 2 is 1.68 bits per heavy atom. The van der Waals surface area contributed by atoms with Crippen LogP contribution in [0.3, 0.4) is 0 Å². The zero-order valence-corrected chi connectivity index (χ0v) is 24.3. The SMILES string of the molecule is CC(C)[Si](Oc1c2c(c(CC(=O)O)c3cc(Cc4ccc(F)cc4)cnc13)CN(C)C2=O)(C(C)C)C(C)C. The van der Waals surface area contributed by atoms with Crippen LogP contribution in [0, 0.1) is 5.82 Å². The highest BCUT2D eigenvalue weighted by molar-refractivity contribution is 6.78. The Labute approximate surface area is 225 Å². The minimum Gasteiger partial charge on any atom is -0.541 e. The van der Waals surface area contributed by atoms with Crippen LogP contribution in [0.25, 0.3) is 10.9 Å². The predicted octanol–water partition coefficient (Wildman–Crippen LogP) is 6.73. The highest BCUT2D eigenvalue weighted by atomic mass is 28.4. The number of carboxylic acids is 1. The number of pyridine rings is 1. The first-order valence-corrected chi connectivity index (χ1v) is 15.4. The maximum absolute atomic E-state index is 13.5. The minimum atomic E-state index is -2.47. The molecule has 202 valence electrons. The molecule has 0 spiro atoms. The zero-order chi connectivity index (χ0) is 27.9. The fraction of sp³-hybridized carbons (Fsp3) is 0.433. The zero-order valence-electron chi connectivity index (χ0n) is 23.3. The summed E-state index contributed by atoms with van der Waals surface area (Å²) in [6.45, 7) is 13.5. The number of aliphatic carboxylic acids is 1. The molecule has 1 aliphatic heterocycles. The van der Waals surface area contributed by atoms with E-state index in [0.29, 0.717) is 46.3 Å². The van der Waals surface area contributed by atoms with E-state index >= 15 is 0 Å². The van der Waals surface area contributed by atoms with E-state index in [0.717, 1.165) is 11.1 Å². The number of halogens is 1. The second-order valence-corrected chi connectivity index (χ2v) is 16.7. The van der Waals surface area contributed by atoms with Gasteiger partial charge in [0.2, 0.25) is 0 Å². The number of carbonyl (C=O) groups is 2. The first kappa shape index (κ1) is 27.8. The van der Waals surface area contributed by atoms with Crippen molar-refractivity contribution in [2.24, 2.45) is 0 Å². The molecule has 1 aromatic heterocycles. The number of hydrogen-bond acceptors (Lipinski definition) is 4. The van der Waals surface area contributed by atoms with Crippen molar-refractivity contribution in [3.8, 4) is 5.75 Å². The van der Waals surface area contributed by atoms with Crippen molar-refractivity contribution in [2.75, 3.05) is 7.05 Å². The molecule has 0 fully saturated rings. The Morgan fingerprint density at radius 1 is 1.08 bits per heavy atom. The van der Waals surface area contributed by atoms with Crippen LogP contribution in [0.2, 0.25) is 16.6 Å². The van der Waals surface area contributed by atoms with Crippen LogP contribution in [0.5, 0.6) is 5.75 Å². The predicted molar refractivity (Wildman–Crippen MR) is 150 cm³/mol. The van der Waals surface area contributed by atoms with Crippen LogP contribution >= 0.6 is 0 Å². The van der Waals surface area contributed by atoms with E-state index < -0.39 is 14.3 Å². The lowest BCUT2D eigenvalue weighted by atomic mass is 9.93. The molecule has 38 heavy (non-hydrogen) atoms. The highest BCUT2D eigenvalue weighted by Crippen LogP contribution is 2.47. The van der Waals surface area contributed by atoms with Crippen LogP contribution in [-0.4, -0.2) is 42.2 Å². The molecular weight excluding hydrogens is 499 g/mol. The molecule has 0 unspecified atom stereocenters. The molecule has 6 nitrogen and oxygen atoms in total. The summed E-state index contributed by atoms with van der Waals surface area (Å²) in [6.07, 6.45) is 2.05. The van der Waals surface area contributed by atoms with Gasteiger partial charge in [-0.05, 0) is 63.5 Å². The van der Waals surface area contributed by atoms with E-state index in [4.69, 9.17) is 9.41 Å². The topological polar surface area (TPSA) is 79.7 Å². The van der Waals surface area contributed by atoms with Gasteiger partial charge < -0.3 is 14.4 Å². The third-order valence-corrected chi connectivity index (χ3v) is 13.9. The smallest absolute Gasteiger partial charge is 0.307 e. The van der Waals surface area contributed by atoms with Gasteiger partial charge in [-0.25, -0.2) is 4.39 Å². The third-order valence-electron chi connectivity index (χ3n) is 7.97. The number of hydrogen-bond donors (Lipinski definition) is 1. The summed E-state index contributed by atoms with van der Waals surface area (Å²) in [7, 11) is -0.743. The number of rotatable bonds is 9. The average molecular weight is 537 g/mol. The summed E-state index contributed by atoms with van der Waals surface area (Å²) in [5.41, 5.74) is 4.93. The fourth-order valence-corrected chi connectivity index (χ4v) is 11.6. The van der Waals surface area contributed by atoms with Gasteiger partial charge in [0, 0.05) is 25.2 Å². The fourth-order valence-electron chi connectivity index (χ4n) is 6.31. The van der Waals surface area contributed by atoms with Crippen LogP contribution in [-0.2, 0) is 24.2 Å². The Kier molecular flexibility index (Phi) is 7.66. The second-order valence-electron chi connectivity index (χ2n) is 11.4. The lowest BCUT2D eigenvalue weighted by molar-refractivity contribution is -0.136. The minimum absolute atomic E-state index is 0.167. The third kappa shape index (κ3) is 4.82. The molecule has 2 aromatic carbocycles. The van der Waals surface area contributed by atoms with Crippen molar-refractivity contribution in [2.45, 2.75) is 77.6 Å². The molecule has 0 saturated heterocycles. The molecule has 3 aromatic rings. The normalized spacial score (nSPS) is 13.8. The molecule has 0 aliphatic carbocycles. The first-order chi connectivity index (χ1) is 17.9. The van der Waals surface area contributed by atoms with Crippen LogP contribution in [0.4, 0.5) is 4.39 Å². The van der Waals surface area contributed by atoms with E-state index in [1.165, 1.54) is 12.1 Å². The van der Waals surface area contributed by atoms with Gasteiger partial charge in [-0.3, -0.25) is 14.6 Å². The lowest BCUT2D eigenvalue weighted by Gasteiger charge is -2.42. The Balaban J connectivity index is 2.00. The number of amides is 1. The van der Waals surface area contributed by atoms with Gasteiger partial charge >= 0.3 is 5.97 Å². The molecule has 1 amide bonds. The second kappa shape index (κ2) is 10.5. The van der Waals surface area contributed by atoms with Gasteiger partial charge in [0.25, 0.3) is 14.2 Å². The molecule has 8 heteroatoms. The van der Waals surface area contributed by atoms with Crippen LogP contribution < -0.4 is 4.43 Å². The monoisotopic (exact) mass is 536 g/mol. The first-order valence-electron chi connectivity index (χ1n) is 13.2. The van der Waals surface area contributed by atoms with Crippen LogP contribution in [0.1, 0.15) is 74.2 Å². The van der Waals surface area contributed by atoms with Gasteiger partial charge in [-0.2, -0.15) is 0 Å². The van der Waals surface area contributed by atoms with E-state index in [9.17, 15) is 19.1 Å². The molecule has 1 aliphatic rings. The van der Waals surface area contributed by atoms with E-state index in [1.807, 2.05) is 6.07 Å². The molecule has 2 heterocycles. The van der Waals surface area contributed by atoms with Gasteiger partial charge in [-0.1, -0.05) is 53.7 Å². The number of nitrogens with zero attached hydrogens (tertiary/aromatic N) is 2. The van der Waals surface area contributed by atoms with Crippen molar-refractivity contribution < 1.29 is 23.5 Å². The quantitative estimate of drug-likeness (QED) is 0.307. The average Bonchev–Trinajstić information content (AvgIpc) is 3.13. The van der Waals surface area contributed by atoms with Gasteiger partial charge in [0.1, 0.15) is 17.1 Å². The maximum atomic E-state index is 13.5. The summed E-state index contributed by atoms with van der Waals surface area (Å²) in [6, 6.07) is 8.28. The Morgan fingerprint density at radius 3 is 2.24 bits per heavy atom. The Hall–Kier alpha value is -3.26. The number of benzene rings is 2. The summed E-state index contributed by atoms with van der Waals surface area (Å²) in [4.78, 5) is 31.9. The molecule has 4 rings (SSSR count). The van der Waals surface area contributed by atoms with Crippen LogP contribution in [0.15, 0.2) is 36.5 Å². The number of aromatic nitrogens is 1. The molecule has 0 saturated carbocycles. The van der Waals surface area contributed by atoms with Crippen molar-refractivity contribution in [1.82, 2.24) is 9.88 Å². The summed E-state index contributed by atoms with van der Waals surface area (Å²) >= 11 is 0. The van der Waals surface area contributed by atoms with E-state index in [1.54, 1.807) is 30.3 Å². The molecule has 0 bridgehead atoms. The summed E-state index contributed by atoms with van der Waals surface area (Å²) in [5, 5.41) is 10.5. The number of carbonyl (C=O) groups excluding carboxylic acids is 1. The standard InChI is InChI=1S/C30H37FN2O4Si/c1-17(2)38(18(3)4,19(5)6)37-29-27-25(16-33(7)30(27)36)23(14-26(34)35)24-13-21(15-32-28(24)29)12-20-8-10-22(31)11-9-20/h8-11,13,15,17-19H,12,14,16H2,1-7H3,(H,34,35). The maximum Gasteiger partial charge on any atom is 0.307 e.